The van der Waals surface area contributed by atoms with Gasteiger partial charge in [0.2, 0.25) is 0 Å². The number of hydrogen-bond acceptors (Lipinski definition) is 2. The van der Waals surface area contributed by atoms with Crippen LogP contribution in [0.1, 0.15) is 17.5 Å². The Hall–Kier alpha value is -1.07. The molecule has 0 aromatic heterocycles. The minimum atomic E-state index is -0.244. The second kappa shape index (κ2) is 6.61. The number of anilines is 1. The summed E-state index contributed by atoms with van der Waals surface area (Å²) < 4.78 is 0.999. The lowest BCUT2D eigenvalue weighted by molar-refractivity contribution is 0.249. The molecule has 3 N–H and O–H groups in total. The van der Waals surface area contributed by atoms with Gasteiger partial charge in [0, 0.05) is 23.3 Å². The van der Waals surface area contributed by atoms with Crippen molar-refractivity contribution in [1.29, 1.82) is 0 Å². The molecule has 0 aliphatic rings. The lowest BCUT2D eigenvalue weighted by Crippen LogP contribution is -2.30. The third-order valence-electron chi connectivity index (χ3n) is 2.36. The van der Waals surface area contributed by atoms with E-state index < -0.39 is 0 Å². The van der Waals surface area contributed by atoms with Gasteiger partial charge in [-0.2, -0.15) is 0 Å². The molecule has 0 saturated carbocycles. The average Bonchev–Trinajstić information content (AvgIpc) is 2.24. The van der Waals surface area contributed by atoms with Gasteiger partial charge in [0.15, 0.2) is 0 Å². The van der Waals surface area contributed by atoms with Gasteiger partial charge in [0.25, 0.3) is 0 Å². The van der Waals surface area contributed by atoms with Crippen molar-refractivity contribution in [2.24, 2.45) is 0 Å². The molecular formula is C12H17BrN2O2. The second-order valence-corrected chi connectivity index (χ2v) is 4.79. The van der Waals surface area contributed by atoms with Crippen LogP contribution in [0, 0.1) is 13.8 Å². The van der Waals surface area contributed by atoms with Gasteiger partial charge in [-0.05, 0) is 43.5 Å². The number of halogens is 1. The molecule has 0 bridgehead atoms. The van der Waals surface area contributed by atoms with E-state index in [4.69, 9.17) is 5.11 Å². The molecule has 1 aromatic carbocycles. The summed E-state index contributed by atoms with van der Waals surface area (Å²) in [6.07, 6.45) is 0.561. The van der Waals surface area contributed by atoms with Crippen molar-refractivity contribution in [3.05, 3.63) is 27.7 Å². The van der Waals surface area contributed by atoms with E-state index in [1.54, 1.807) is 0 Å². The standard InChI is InChI=1S/C12H17BrN2O2/c1-8-6-10(13)7-9(2)11(8)15-12(17)14-4-3-5-16/h6-7,16H,3-5H2,1-2H3,(H2,14,15,17). The number of aliphatic hydroxyl groups excluding tert-OH is 1. The first-order valence-electron chi connectivity index (χ1n) is 5.47. The van der Waals surface area contributed by atoms with Crippen LogP contribution in [0.3, 0.4) is 0 Å². The minimum absolute atomic E-state index is 0.0800. The molecule has 0 heterocycles. The Bertz CT molecular complexity index is 384. The predicted molar refractivity (Wildman–Crippen MR) is 72.3 cm³/mol. The van der Waals surface area contributed by atoms with Gasteiger partial charge in [-0.15, -0.1) is 0 Å². The van der Waals surface area contributed by atoms with E-state index in [0.717, 1.165) is 21.3 Å². The van der Waals surface area contributed by atoms with Crippen molar-refractivity contribution in [2.45, 2.75) is 20.3 Å². The predicted octanol–water partition coefficient (Wildman–Crippen LogP) is 2.57. The summed E-state index contributed by atoms with van der Waals surface area (Å²) in [5.74, 6) is 0. The molecule has 17 heavy (non-hydrogen) atoms. The molecule has 1 rings (SSSR count). The number of aryl methyl sites for hydroxylation is 2. The Morgan fingerprint density at radius 2 is 1.94 bits per heavy atom. The highest BCUT2D eigenvalue weighted by Gasteiger charge is 2.07. The third kappa shape index (κ3) is 4.36. The first-order valence-corrected chi connectivity index (χ1v) is 6.26. The highest BCUT2D eigenvalue weighted by atomic mass is 79.9. The first-order chi connectivity index (χ1) is 8.04. The number of carbonyl (C=O) groups is 1. The fourth-order valence-corrected chi connectivity index (χ4v) is 2.23. The number of hydrogen-bond donors (Lipinski definition) is 3. The van der Waals surface area contributed by atoms with Crippen molar-refractivity contribution in [3.63, 3.8) is 0 Å². The smallest absolute Gasteiger partial charge is 0.319 e. The lowest BCUT2D eigenvalue weighted by atomic mass is 10.1. The second-order valence-electron chi connectivity index (χ2n) is 3.87. The van der Waals surface area contributed by atoms with Gasteiger partial charge in [-0.1, -0.05) is 15.9 Å². The van der Waals surface area contributed by atoms with E-state index in [1.807, 2.05) is 26.0 Å². The molecule has 4 nitrogen and oxygen atoms in total. The number of urea groups is 1. The highest BCUT2D eigenvalue weighted by molar-refractivity contribution is 9.10. The molecule has 0 aliphatic heterocycles. The maximum Gasteiger partial charge on any atom is 0.319 e. The quantitative estimate of drug-likeness (QED) is 0.749. The van der Waals surface area contributed by atoms with Crippen molar-refractivity contribution in [1.82, 2.24) is 5.32 Å². The molecule has 2 amide bonds. The van der Waals surface area contributed by atoms with Crippen LogP contribution in [-0.4, -0.2) is 24.3 Å². The molecule has 0 spiro atoms. The van der Waals surface area contributed by atoms with Crippen LogP contribution in [0.25, 0.3) is 0 Å². The number of amides is 2. The number of nitrogens with one attached hydrogen (secondary N) is 2. The normalized spacial score (nSPS) is 10.1. The van der Waals surface area contributed by atoms with E-state index in [0.29, 0.717) is 13.0 Å². The Morgan fingerprint density at radius 1 is 1.35 bits per heavy atom. The van der Waals surface area contributed by atoms with Gasteiger partial charge < -0.3 is 15.7 Å². The molecule has 0 aliphatic carbocycles. The molecule has 0 atom stereocenters. The van der Waals surface area contributed by atoms with Crippen molar-refractivity contribution < 1.29 is 9.90 Å². The Balaban J connectivity index is 2.65. The van der Waals surface area contributed by atoms with Crippen LogP contribution < -0.4 is 10.6 Å². The number of carbonyl (C=O) groups excluding carboxylic acids is 1. The van der Waals surface area contributed by atoms with Gasteiger partial charge in [-0.3, -0.25) is 0 Å². The molecule has 0 radical (unpaired) electrons. The fraction of sp³-hybridized carbons (Fsp3) is 0.417. The Labute approximate surface area is 110 Å². The molecule has 0 unspecified atom stereocenters. The molecular weight excluding hydrogens is 284 g/mol. The van der Waals surface area contributed by atoms with Gasteiger partial charge >= 0.3 is 6.03 Å². The molecule has 94 valence electrons. The highest BCUT2D eigenvalue weighted by Crippen LogP contribution is 2.24. The summed E-state index contributed by atoms with van der Waals surface area (Å²) in [4.78, 5) is 11.6. The zero-order valence-electron chi connectivity index (χ0n) is 10.0. The van der Waals surface area contributed by atoms with Crippen LogP contribution in [0.4, 0.5) is 10.5 Å². The monoisotopic (exact) mass is 300 g/mol. The summed E-state index contributed by atoms with van der Waals surface area (Å²) in [6, 6.07) is 3.67. The number of benzene rings is 1. The molecule has 1 aromatic rings. The largest absolute Gasteiger partial charge is 0.396 e. The zero-order valence-corrected chi connectivity index (χ0v) is 11.6. The summed E-state index contributed by atoms with van der Waals surface area (Å²) >= 11 is 3.41. The van der Waals surface area contributed by atoms with Gasteiger partial charge in [0.05, 0.1) is 0 Å². The van der Waals surface area contributed by atoms with E-state index in [-0.39, 0.29) is 12.6 Å². The van der Waals surface area contributed by atoms with Gasteiger partial charge in [-0.25, -0.2) is 4.79 Å². The van der Waals surface area contributed by atoms with Crippen LogP contribution in [0.5, 0.6) is 0 Å². The average molecular weight is 301 g/mol. The Morgan fingerprint density at radius 3 is 2.47 bits per heavy atom. The molecule has 0 saturated heterocycles. The zero-order chi connectivity index (χ0) is 12.8. The van der Waals surface area contributed by atoms with E-state index in [2.05, 4.69) is 26.6 Å². The third-order valence-corrected chi connectivity index (χ3v) is 2.81. The first kappa shape index (κ1) is 14.0. The van der Waals surface area contributed by atoms with Crippen LogP contribution in [-0.2, 0) is 0 Å². The summed E-state index contributed by atoms with van der Waals surface area (Å²) in [6.45, 7) is 4.44. The fourth-order valence-electron chi connectivity index (χ4n) is 1.55. The van der Waals surface area contributed by atoms with Crippen molar-refractivity contribution in [2.75, 3.05) is 18.5 Å². The number of aliphatic hydroxyl groups is 1. The van der Waals surface area contributed by atoms with Crippen LogP contribution >= 0.6 is 15.9 Å². The summed E-state index contributed by atoms with van der Waals surface area (Å²) in [5.41, 5.74) is 2.85. The van der Waals surface area contributed by atoms with Crippen LogP contribution in [0.15, 0.2) is 16.6 Å². The van der Waals surface area contributed by atoms with E-state index in [9.17, 15) is 4.79 Å². The van der Waals surface area contributed by atoms with E-state index >= 15 is 0 Å². The maximum atomic E-state index is 11.6. The van der Waals surface area contributed by atoms with Crippen molar-refractivity contribution >= 4 is 27.6 Å². The van der Waals surface area contributed by atoms with Crippen molar-refractivity contribution in [3.8, 4) is 0 Å². The van der Waals surface area contributed by atoms with Gasteiger partial charge in [0.1, 0.15) is 0 Å². The SMILES string of the molecule is Cc1cc(Br)cc(C)c1NC(=O)NCCCO. The molecule has 5 heteroatoms. The minimum Gasteiger partial charge on any atom is -0.396 e. The summed E-state index contributed by atoms with van der Waals surface area (Å²) in [7, 11) is 0. The summed E-state index contributed by atoms with van der Waals surface area (Å²) in [5, 5.41) is 14.1. The topological polar surface area (TPSA) is 61.4 Å². The molecule has 0 fully saturated rings. The number of rotatable bonds is 4. The lowest BCUT2D eigenvalue weighted by Gasteiger charge is -2.13. The Kier molecular flexibility index (Phi) is 5.44. The van der Waals surface area contributed by atoms with E-state index in [1.165, 1.54) is 0 Å². The maximum absolute atomic E-state index is 11.6. The van der Waals surface area contributed by atoms with Crippen LogP contribution in [0.2, 0.25) is 0 Å².